The van der Waals surface area contributed by atoms with Gasteiger partial charge in [0.25, 0.3) is 11.7 Å². The number of ketones is 1. The fourth-order valence-corrected chi connectivity index (χ4v) is 3.79. The molecule has 1 atom stereocenters. The van der Waals surface area contributed by atoms with Crippen LogP contribution in [0.15, 0.2) is 48.0 Å². The Morgan fingerprint density at radius 1 is 1.09 bits per heavy atom. The summed E-state index contributed by atoms with van der Waals surface area (Å²) in [5.74, 6) is -0.648. The van der Waals surface area contributed by atoms with Crippen LogP contribution in [0.3, 0.4) is 0 Å². The van der Waals surface area contributed by atoms with E-state index < -0.39 is 17.7 Å². The molecule has 1 aliphatic heterocycles. The summed E-state index contributed by atoms with van der Waals surface area (Å²) in [6.07, 6.45) is 0.851. The number of benzene rings is 2. The lowest BCUT2D eigenvalue weighted by Crippen LogP contribution is -2.32. The lowest BCUT2D eigenvalue weighted by atomic mass is 9.94. The Hall–Kier alpha value is -3.32. The highest BCUT2D eigenvalue weighted by Crippen LogP contribution is 2.41. The Labute approximate surface area is 188 Å². The second kappa shape index (κ2) is 10.3. The van der Waals surface area contributed by atoms with Gasteiger partial charge in [-0.3, -0.25) is 9.59 Å². The summed E-state index contributed by atoms with van der Waals surface area (Å²) in [5, 5.41) is 11.3. The normalized spacial score (nSPS) is 17.6. The summed E-state index contributed by atoms with van der Waals surface area (Å²) in [6, 6.07) is 11.8. The molecule has 7 heteroatoms. The van der Waals surface area contributed by atoms with E-state index in [1.807, 2.05) is 38.1 Å². The smallest absolute Gasteiger partial charge is 0.295 e. The number of carbonyl (C=O) groups excluding carboxylic acids is 2. The summed E-state index contributed by atoms with van der Waals surface area (Å²) < 4.78 is 16.3. The van der Waals surface area contributed by atoms with Crippen molar-refractivity contribution in [3.8, 4) is 11.5 Å². The van der Waals surface area contributed by atoms with E-state index >= 15 is 0 Å². The molecule has 0 bridgehead atoms. The Bertz CT molecular complexity index is 1030. The van der Waals surface area contributed by atoms with E-state index in [4.69, 9.17) is 14.2 Å². The van der Waals surface area contributed by atoms with Crippen LogP contribution in [0.2, 0.25) is 0 Å². The third-order valence-corrected chi connectivity index (χ3v) is 5.33. The average molecular weight is 440 g/mol. The van der Waals surface area contributed by atoms with Gasteiger partial charge in [-0.25, -0.2) is 0 Å². The molecule has 1 aliphatic rings. The number of amides is 1. The minimum atomic E-state index is -0.777. The zero-order valence-corrected chi connectivity index (χ0v) is 18.9. The number of methoxy groups -OCH3 is 2. The van der Waals surface area contributed by atoms with Gasteiger partial charge in [0.05, 0.1) is 37.5 Å². The minimum absolute atomic E-state index is 0.0163. The molecule has 0 radical (unpaired) electrons. The van der Waals surface area contributed by atoms with Gasteiger partial charge in [0.1, 0.15) is 17.3 Å². The van der Waals surface area contributed by atoms with Gasteiger partial charge in [0.2, 0.25) is 0 Å². The van der Waals surface area contributed by atoms with Gasteiger partial charge < -0.3 is 24.2 Å². The Kier molecular flexibility index (Phi) is 7.53. The van der Waals surface area contributed by atoms with Crippen molar-refractivity contribution < 1.29 is 28.9 Å². The lowest BCUT2D eigenvalue weighted by molar-refractivity contribution is -0.140. The number of rotatable bonds is 9. The molecule has 0 aliphatic carbocycles. The van der Waals surface area contributed by atoms with Gasteiger partial charge in [-0.15, -0.1) is 0 Å². The summed E-state index contributed by atoms with van der Waals surface area (Å²) in [6.45, 7) is 4.89. The van der Waals surface area contributed by atoms with Crippen molar-refractivity contribution in [1.82, 2.24) is 4.90 Å². The highest BCUT2D eigenvalue weighted by Gasteiger charge is 2.46. The first-order valence-corrected chi connectivity index (χ1v) is 10.6. The number of aliphatic hydroxyl groups is 1. The van der Waals surface area contributed by atoms with Gasteiger partial charge in [-0.2, -0.15) is 0 Å². The van der Waals surface area contributed by atoms with E-state index in [-0.39, 0.29) is 24.5 Å². The van der Waals surface area contributed by atoms with E-state index in [0.717, 1.165) is 12.0 Å². The number of ether oxygens (including phenoxy) is 3. The van der Waals surface area contributed by atoms with Gasteiger partial charge >= 0.3 is 0 Å². The Balaban J connectivity index is 2.19. The monoisotopic (exact) mass is 439 g/mol. The molecule has 1 saturated heterocycles. The molecule has 1 unspecified atom stereocenters. The highest BCUT2D eigenvalue weighted by atomic mass is 16.5. The van der Waals surface area contributed by atoms with Gasteiger partial charge in [0, 0.05) is 13.7 Å². The van der Waals surface area contributed by atoms with Crippen molar-refractivity contribution in [2.75, 3.05) is 34.0 Å². The molecule has 0 saturated carbocycles. The predicted octanol–water partition coefficient (Wildman–Crippen LogP) is 3.86. The fraction of sp³-hybridized carbons (Fsp3) is 0.360. The van der Waals surface area contributed by atoms with Gasteiger partial charge in [0.15, 0.2) is 0 Å². The molecule has 170 valence electrons. The molecule has 1 fully saturated rings. The second-order valence-electron chi connectivity index (χ2n) is 7.61. The van der Waals surface area contributed by atoms with Crippen LogP contribution >= 0.6 is 0 Å². The van der Waals surface area contributed by atoms with Crippen molar-refractivity contribution in [2.24, 2.45) is 0 Å². The fourth-order valence-electron chi connectivity index (χ4n) is 3.79. The molecule has 1 amide bonds. The minimum Gasteiger partial charge on any atom is -0.507 e. The zero-order valence-electron chi connectivity index (χ0n) is 18.9. The number of aryl methyl sites for hydroxylation is 1. The van der Waals surface area contributed by atoms with Crippen LogP contribution in [0.5, 0.6) is 11.5 Å². The maximum absolute atomic E-state index is 13.1. The van der Waals surface area contributed by atoms with Crippen molar-refractivity contribution in [3.63, 3.8) is 0 Å². The van der Waals surface area contributed by atoms with Gasteiger partial charge in [-0.05, 0) is 43.2 Å². The van der Waals surface area contributed by atoms with Crippen LogP contribution in [0.1, 0.15) is 36.1 Å². The maximum atomic E-state index is 13.1. The number of hydrogen-bond donors (Lipinski definition) is 1. The average Bonchev–Trinajstić information content (AvgIpc) is 3.05. The van der Waals surface area contributed by atoms with Gasteiger partial charge in [-0.1, -0.05) is 30.7 Å². The number of nitrogens with zero attached hydrogens (tertiary/aromatic N) is 1. The van der Waals surface area contributed by atoms with Crippen LogP contribution in [-0.4, -0.2) is 55.7 Å². The number of aliphatic hydroxyl groups excluding tert-OH is 1. The standard InChI is InChI=1S/C25H29NO6/c1-5-12-32-18-8-6-7-17(15-18)22-21(24(28)25(29)26(22)11-13-30-3)23(27)19-14-16(2)9-10-20(19)31-4/h6-10,14-15,22,27H,5,11-13H2,1-4H3/b23-21+. The zero-order chi connectivity index (χ0) is 23.3. The third kappa shape index (κ3) is 4.62. The molecule has 32 heavy (non-hydrogen) atoms. The second-order valence-corrected chi connectivity index (χ2v) is 7.61. The molecular weight excluding hydrogens is 410 g/mol. The van der Waals surface area contributed by atoms with E-state index in [9.17, 15) is 14.7 Å². The Morgan fingerprint density at radius 2 is 1.88 bits per heavy atom. The van der Waals surface area contributed by atoms with E-state index in [1.54, 1.807) is 18.2 Å². The largest absolute Gasteiger partial charge is 0.507 e. The number of hydrogen-bond acceptors (Lipinski definition) is 6. The van der Waals surface area contributed by atoms with E-state index in [2.05, 4.69) is 0 Å². The van der Waals surface area contributed by atoms with Crippen LogP contribution in [0.4, 0.5) is 0 Å². The maximum Gasteiger partial charge on any atom is 0.295 e. The summed E-state index contributed by atoms with van der Waals surface area (Å²) in [4.78, 5) is 27.5. The number of Topliss-reactive ketones (excluding diaryl/α,β-unsaturated/α-hetero) is 1. The summed E-state index contributed by atoms with van der Waals surface area (Å²) in [5.41, 5.74) is 1.93. The van der Waals surface area contributed by atoms with Crippen molar-refractivity contribution >= 4 is 17.4 Å². The first-order chi connectivity index (χ1) is 15.4. The molecular formula is C25H29NO6. The van der Waals surface area contributed by atoms with E-state index in [1.165, 1.54) is 19.1 Å². The van der Waals surface area contributed by atoms with Crippen molar-refractivity contribution in [2.45, 2.75) is 26.3 Å². The molecule has 1 N–H and O–H groups in total. The van der Waals surface area contributed by atoms with Crippen LogP contribution in [0.25, 0.3) is 5.76 Å². The van der Waals surface area contributed by atoms with Crippen molar-refractivity contribution in [1.29, 1.82) is 0 Å². The van der Waals surface area contributed by atoms with Crippen molar-refractivity contribution in [3.05, 3.63) is 64.7 Å². The molecule has 3 rings (SSSR count). The predicted molar refractivity (Wildman–Crippen MR) is 121 cm³/mol. The first-order valence-electron chi connectivity index (χ1n) is 10.6. The SMILES string of the molecule is CCCOc1cccc(C2/C(=C(\O)c3cc(C)ccc3OC)C(=O)C(=O)N2CCOC)c1. The lowest BCUT2D eigenvalue weighted by Gasteiger charge is -2.25. The molecule has 2 aromatic rings. The van der Waals surface area contributed by atoms with Crippen LogP contribution in [-0.2, 0) is 14.3 Å². The molecule has 2 aromatic carbocycles. The molecule has 0 aromatic heterocycles. The number of likely N-dealkylation sites (tertiary alicyclic amines) is 1. The number of carbonyl (C=O) groups is 2. The third-order valence-electron chi connectivity index (χ3n) is 5.33. The first kappa shape index (κ1) is 23.3. The summed E-state index contributed by atoms with van der Waals surface area (Å²) in [7, 11) is 3.02. The quantitative estimate of drug-likeness (QED) is 0.363. The Morgan fingerprint density at radius 3 is 2.56 bits per heavy atom. The molecule has 1 heterocycles. The highest BCUT2D eigenvalue weighted by molar-refractivity contribution is 6.46. The molecule has 7 nitrogen and oxygen atoms in total. The van der Waals surface area contributed by atoms with Crippen LogP contribution in [0, 0.1) is 6.92 Å². The van der Waals surface area contributed by atoms with Crippen LogP contribution < -0.4 is 9.47 Å². The van der Waals surface area contributed by atoms with E-state index in [0.29, 0.717) is 29.2 Å². The summed E-state index contributed by atoms with van der Waals surface area (Å²) >= 11 is 0. The molecule has 0 spiro atoms. The topological polar surface area (TPSA) is 85.3 Å².